The van der Waals surface area contributed by atoms with E-state index in [4.69, 9.17) is 5.26 Å². The van der Waals surface area contributed by atoms with Gasteiger partial charge in [-0.15, -0.1) is 0 Å². The normalized spacial score (nSPS) is 10.2. The van der Waals surface area contributed by atoms with Crippen molar-refractivity contribution in [1.82, 2.24) is 4.98 Å². The smallest absolute Gasteiger partial charge is 0.0670 e. The number of fused-ring (bicyclic) bond motifs is 1. The van der Waals surface area contributed by atoms with Crippen molar-refractivity contribution in [2.24, 2.45) is 0 Å². The molecule has 1 aromatic carbocycles. The van der Waals surface area contributed by atoms with Crippen LogP contribution < -0.4 is 0 Å². The van der Waals surface area contributed by atoms with Crippen LogP contribution >= 0.6 is 0 Å². The maximum Gasteiger partial charge on any atom is 0.0670 e. The molecule has 0 bridgehead atoms. The summed E-state index contributed by atoms with van der Waals surface area (Å²) in [5, 5.41) is 9.82. The molecule has 13 heavy (non-hydrogen) atoms. The Morgan fingerprint density at radius 2 is 2.31 bits per heavy atom. The maximum atomic E-state index is 8.62. The fraction of sp³-hybridized carbons (Fsp3) is 0.182. The van der Waals surface area contributed by atoms with Gasteiger partial charge < -0.3 is 4.98 Å². The number of nitriles is 1. The first-order valence-electron chi connectivity index (χ1n) is 4.25. The molecular formula is C11H10N2. The predicted molar refractivity (Wildman–Crippen MR) is 52.4 cm³/mol. The van der Waals surface area contributed by atoms with E-state index in [9.17, 15) is 0 Å². The van der Waals surface area contributed by atoms with Crippen molar-refractivity contribution in [3.05, 3.63) is 35.5 Å². The van der Waals surface area contributed by atoms with E-state index in [0.717, 1.165) is 11.1 Å². The number of H-pyrrole nitrogens is 1. The number of nitrogens with zero attached hydrogens (tertiary/aromatic N) is 1. The van der Waals surface area contributed by atoms with E-state index in [1.165, 1.54) is 10.9 Å². The van der Waals surface area contributed by atoms with Crippen molar-refractivity contribution in [1.29, 1.82) is 5.26 Å². The molecule has 0 saturated heterocycles. The van der Waals surface area contributed by atoms with Crippen LogP contribution in [-0.4, -0.2) is 4.98 Å². The van der Waals surface area contributed by atoms with E-state index in [-0.39, 0.29) is 0 Å². The number of aromatic nitrogens is 1. The van der Waals surface area contributed by atoms with Crippen LogP contribution in [0.25, 0.3) is 10.9 Å². The van der Waals surface area contributed by atoms with Crippen molar-refractivity contribution < 1.29 is 0 Å². The lowest BCUT2D eigenvalue weighted by molar-refractivity contribution is 1.27. The third-order valence-corrected chi connectivity index (χ3v) is 2.27. The molecule has 0 unspecified atom stereocenters. The fourth-order valence-corrected chi connectivity index (χ4v) is 1.68. The molecule has 1 N–H and O–H groups in total. The molecule has 64 valence electrons. The molecule has 0 aliphatic rings. The van der Waals surface area contributed by atoms with Crippen molar-refractivity contribution >= 4 is 10.9 Å². The van der Waals surface area contributed by atoms with Crippen LogP contribution in [0.4, 0.5) is 0 Å². The van der Waals surface area contributed by atoms with Gasteiger partial charge >= 0.3 is 0 Å². The summed E-state index contributed by atoms with van der Waals surface area (Å²) in [6.45, 7) is 2.07. The SMILES string of the molecule is Cc1cccc2[nH]cc(CC#N)c12. The summed E-state index contributed by atoms with van der Waals surface area (Å²) in [6.07, 6.45) is 2.39. The van der Waals surface area contributed by atoms with Crippen LogP contribution in [0.15, 0.2) is 24.4 Å². The highest BCUT2D eigenvalue weighted by molar-refractivity contribution is 5.86. The van der Waals surface area contributed by atoms with Gasteiger partial charge in [0.2, 0.25) is 0 Å². The zero-order valence-corrected chi connectivity index (χ0v) is 7.46. The predicted octanol–water partition coefficient (Wildman–Crippen LogP) is 2.54. The van der Waals surface area contributed by atoms with Crippen molar-refractivity contribution in [3.8, 4) is 6.07 Å². The maximum absolute atomic E-state index is 8.62. The summed E-state index contributed by atoms with van der Waals surface area (Å²) in [5.41, 5.74) is 3.44. The minimum Gasteiger partial charge on any atom is -0.361 e. The number of hydrogen-bond acceptors (Lipinski definition) is 1. The first-order chi connectivity index (χ1) is 6.33. The Labute approximate surface area is 76.8 Å². The monoisotopic (exact) mass is 170 g/mol. The van der Waals surface area contributed by atoms with Gasteiger partial charge in [0.1, 0.15) is 0 Å². The van der Waals surface area contributed by atoms with Gasteiger partial charge in [-0.05, 0) is 24.1 Å². The lowest BCUT2D eigenvalue weighted by Gasteiger charge is -1.96. The van der Waals surface area contributed by atoms with Crippen molar-refractivity contribution in [2.75, 3.05) is 0 Å². The Kier molecular flexibility index (Phi) is 1.79. The Morgan fingerprint density at radius 3 is 3.08 bits per heavy atom. The minimum absolute atomic E-state index is 0.477. The number of benzene rings is 1. The van der Waals surface area contributed by atoms with Crippen LogP contribution in [0.3, 0.4) is 0 Å². The molecule has 2 rings (SSSR count). The molecule has 0 radical (unpaired) electrons. The summed E-state index contributed by atoms with van der Waals surface area (Å²) < 4.78 is 0. The average Bonchev–Trinajstić information content (AvgIpc) is 2.51. The molecule has 0 fully saturated rings. The molecule has 0 saturated carbocycles. The summed E-state index contributed by atoms with van der Waals surface area (Å²) >= 11 is 0. The molecule has 2 aromatic rings. The number of nitrogens with one attached hydrogen (secondary N) is 1. The second-order valence-corrected chi connectivity index (χ2v) is 3.15. The Hall–Kier alpha value is -1.75. The highest BCUT2D eigenvalue weighted by Gasteiger charge is 2.04. The second kappa shape index (κ2) is 2.95. The topological polar surface area (TPSA) is 39.6 Å². The quantitative estimate of drug-likeness (QED) is 0.701. The lowest BCUT2D eigenvalue weighted by atomic mass is 10.1. The summed E-state index contributed by atoms with van der Waals surface area (Å²) in [4.78, 5) is 3.16. The summed E-state index contributed by atoms with van der Waals surface area (Å²) in [7, 11) is 0. The van der Waals surface area contributed by atoms with Gasteiger partial charge in [-0.2, -0.15) is 5.26 Å². The molecular weight excluding hydrogens is 160 g/mol. The standard InChI is InChI=1S/C11H10N2/c1-8-3-2-4-10-11(8)9(5-6-12)7-13-10/h2-4,7,13H,5H2,1H3. The van der Waals surface area contributed by atoms with Crippen LogP contribution in [0.2, 0.25) is 0 Å². The van der Waals surface area contributed by atoms with Crippen molar-refractivity contribution in [2.45, 2.75) is 13.3 Å². The van der Waals surface area contributed by atoms with E-state index >= 15 is 0 Å². The molecule has 0 atom stereocenters. The first-order valence-corrected chi connectivity index (χ1v) is 4.25. The van der Waals surface area contributed by atoms with Crippen LogP contribution in [0.5, 0.6) is 0 Å². The van der Waals surface area contributed by atoms with Gasteiger partial charge in [-0.3, -0.25) is 0 Å². The third-order valence-electron chi connectivity index (χ3n) is 2.27. The van der Waals surface area contributed by atoms with E-state index in [2.05, 4.69) is 24.0 Å². The highest BCUT2D eigenvalue weighted by atomic mass is 14.7. The molecule has 0 aliphatic heterocycles. The number of hydrogen-bond donors (Lipinski definition) is 1. The van der Waals surface area contributed by atoms with E-state index in [1.54, 1.807) is 0 Å². The van der Waals surface area contributed by atoms with Gasteiger partial charge in [0, 0.05) is 17.1 Å². The lowest BCUT2D eigenvalue weighted by Crippen LogP contribution is -1.80. The molecule has 1 aromatic heterocycles. The van der Waals surface area contributed by atoms with Gasteiger partial charge in [-0.1, -0.05) is 12.1 Å². The zero-order valence-electron chi connectivity index (χ0n) is 7.46. The van der Waals surface area contributed by atoms with Gasteiger partial charge in [0.05, 0.1) is 12.5 Å². The van der Waals surface area contributed by atoms with Crippen molar-refractivity contribution in [3.63, 3.8) is 0 Å². The Morgan fingerprint density at radius 1 is 1.46 bits per heavy atom. The van der Waals surface area contributed by atoms with E-state index in [1.807, 2.05) is 18.3 Å². The van der Waals surface area contributed by atoms with Crippen LogP contribution in [0.1, 0.15) is 11.1 Å². The number of rotatable bonds is 1. The minimum atomic E-state index is 0.477. The summed E-state index contributed by atoms with van der Waals surface area (Å²) in [6, 6.07) is 8.29. The fourth-order valence-electron chi connectivity index (χ4n) is 1.68. The summed E-state index contributed by atoms with van der Waals surface area (Å²) in [5.74, 6) is 0. The van der Waals surface area contributed by atoms with Crippen LogP contribution in [0, 0.1) is 18.3 Å². The first kappa shape index (κ1) is 7.88. The second-order valence-electron chi connectivity index (χ2n) is 3.15. The van der Waals surface area contributed by atoms with E-state index < -0.39 is 0 Å². The molecule has 0 spiro atoms. The molecule has 0 amide bonds. The van der Waals surface area contributed by atoms with Gasteiger partial charge in [0.15, 0.2) is 0 Å². The molecule has 2 nitrogen and oxygen atoms in total. The average molecular weight is 170 g/mol. The molecule has 0 aliphatic carbocycles. The van der Waals surface area contributed by atoms with Crippen LogP contribution in [-0.2, 0) is 6.42 Å². The third kappa shape index (κ3) is 1.19. The van der Waals surface area contributed by atoms with Gasteiger partial charge in [0.25, 0.3) is 0 Å². The number of aromatic amines is 1. The zero-order chi connectivity index (χ0) is 9.26. The molecule has 1 heterocycles. The van der Waals surface area contributed by atoms with Gasteiger partial charge in [-0.25, -0.2) is 0 Å². The molecule has 2 heteroatoms. The largest absolute Gasteiger partial charge is 0.361 e. The Balaban J connectivity index is 2.73. The number of aryl methyl sites for hydroxylation is 1. The van der Waals surface area contributed by atoms with E-state index in [0.29, 0.717) is 6.42 Å². The Bertz CT molecular complexity index is 474. The highest BCUT2D eigenvalue weighted by Crippen LogP contribution is 2.21.